The molecule has 0 fully saturated rings. The minimum absolute atomic E-state index is 0.166. The van der Waals surface area contributed by atoms with Crippen molar-refractivity contribution in [1.82, 2.24) is 0 Å². The van der Waals surface area contributed by atoms with E-state index < -0.39 is 0 Å². The fourth-order valence-corrected chi connectivity index (χ4v) is 1.90. The van der Waals surface area contributed by atoms with E-state index >= 15 is 0 Å². The van der Waals surface area contributed by atoms with Crippen molar-refractivity contribution in [3.63, 3.8) is 0 Å². The molecule has 0 saturated heterocycles. The minimum Gasteiger partial charge on any atom is -0.464 e. The average molecular weight is 214 g/mol. The van der Waals surface area contributed by atoms with E-state index in [-0.39, 0.29) is 12.0 Å². The maximum absolute atomic E-state index is 9.01. The van der Waals surface area contributed by atoms with E-state index in [0.717, 1.165) is 23.0 Å². The standard InChI is InChI=1S/C13H14N2O/c1-2-9(7-14)13(15)11-8-16-12-6-4-3-5-10(11)12/h3-6,8-9,13H,2,15H2,1H3. The summed E-state index contributed by atoms with van der Waals surface area (Å²) in [6.07, 6.45) is 2.41. The van der Waals surface area contributed by atoms with Crippen molar-refractivity contribution < 1.29 is 4.42 Å². The molecular formula is C13H14N2O. The molecule has 2 aromatic rings. The van der Waals surface area contributed by atoms with Gasteiger partial charge in [0.2, 0.25) is 0 Å². The van der Waals surface area contributed by atoms with Crippen LogP contribution in [0.1, 0.15) is 24.9 Å². The molecule has 2 unspecified atom stereocenters. The number of nitriles is 1. The first-order valence-electron chi connectivity index (χ1n) is 5.39. The van der Waals surface area contributed by atoms with Crippen molar-refractivity contribution in [3.8, 4) is 6.07 Å². The molecule has 1 aromatic heterocycles. The van der Waals surface area contributed by atoms with Crippen molar-refractivity contribution >= 4 is 11.0 Å². The number of benzene rings is 1. The molecule has 0 aliphatic rings. The van der Waals surface area contributed by atoms with Crippen molar-refractivity contribution in [2.45, 2.75) is 19.4 Å². The van der Waals surface area contributed by atoms with E-state index in [1.807, 2.05) is 31.2 Å². The highest BCUT2D eigenvalue weighted by molar-refractivity contribution is 5.81. The SMILES string of the molecule is CCC(C#N)C(N)c1coc2ccccc12. The Bertz CT molecular complexity index is 524. The first-order valence-corrected chi connectivity index (χ1v) is 5.39. The predicted molar refractivity (Wildman–Crippen MR) is 62.5 cm³/mol. The Balaban J connectivity index is 2.44. The van der Waals surface area contributed by atoms with E-state index in [0.29, 0.717) is 0 Å². The molecule has 0 spiro atoms. The van der Waals surface area contributed by atoms with Gasteiger partial charge in [-0.2, -0.15) is 5.26 Å². The van der Waals surface area contributed by atoms with E-state index in [2.05, 4.69) is 6.07 Å². The highest BCUT2D eigenvalue weighted by atomic mass is 16.3. The van der Waals surface area contributed by atoms with Crippen molar-refractivity contribution in [1.29, 1.82) is 5.26 Å². The summed E-state index contributed by atoms with van der Waals surface area (Å²) in [5.74, 6) is -0.166. The number of hydrogen-bond donors (Lipinski definition) is 1. The van der Waals surface area contributed by atoms with Crippen LogP contribution in [0.25, 0.3) is 11.0 Å². The minimum atomic E-state index is -0.279. The lowest BCUT2D eigenvalue weighted by molar-refractivity contribution is 0.509. The summed E-state index contributed by atoms with van der Waals surface area (Å²) in [6, 6.07) is 9.70. The largest absolute Gasteiger partial charge is 0.464 e. The number of para-hydroxylation sites is 1. The first-order chi connectivity index (χ1) is 7.77. The van der Waals surface area contributed by atoms with Gasteiger partial charge in [-0.15, -0.1) is 0 Å². The van der Waals surface area contributed by atoms with Crippen LogP contribution in [0, 0.1) is 17.2 Å². The fraction of sp³-hybridized carbons (Fsp3) is 0.308. The van der Waals surface area contributed by atoms with Gasteiger partial charge in [0.05, 0.1) is 18.3 Å². The average Bonchev–Trinajstić information content (AvgIpc) is 2.74. The van der Waals surface area contributed by atoms with Crippen molar-refractivity contribution in [2.75, 3.05) is 0 Å². The topological polar surface area (TPSA) is 63.0 Å². The Morgan fingerprint density at radius 2 is 2.19 bits per heavy atom. The van der Waals surface area contributed by atoms with Gasteiger partial charge < -0.3 is 10.2 Å². The molecule has 2 rings (SSSR count). The maximum Gasteiger partial charge on any atom is 0.134 e. The second kappa shape index (κ2) is 4.38. The zero-order chi connectivity index (χ0) is 11.5. The molecule has 1 aromatic carbocycles. The smallest absolute Gasteiger partial charge is 0.134 e. The molecule has 0 amide bonds. The van der Waals surface area contributed by atoms with Gasteiger partial charge in [0.25, 0.3) is 0 Å². The lowest BCUT2D eigenvalue weighted by atomic mass is 9.93. The zero-order valence-corrected chi connectivity index (χ0v) is 9.18. The summed E-state index contributed by atoms with van der Waals surface area (Å²) in [5.41, 5.74) is 7.83. The highest BCUT2D eigenvalue weighted by Gasteiger charge is 2.20. The number of rotatable bonds is 3. The van der Waals surface area contributed by atoms with Crippen molar-refractivity contribution in [3.05, 3.63) is 36.1 Å². The number of fused-ring (bicyclic) bond motifs is 1. The van der Waals surface area contributed by atoms with Crippen LogP contribution < -0.4 is 5.73 Å². The summed E-state index contributed by atoms with van der Waals surface area (Å²) >= 11 is 0. The summed E-state index contributed by atoms with van der Waals surface area (Å²) in [6.45, 7) is 1.97. The van der Waals surface area contributed by atoms with Crippen molar-refractivity contribution in [2.24, 2.45) is 11.7 Å². The van der Waals surface area contributed by atoms with Gasteiger partial charge in [-0.3, -0.25) is 0 Å². The number of nitrogens with two attached hydrogens (primary N) is 1. The summed E-state index contributed by atoms with van der Waals surface area (Å²) < 4.78 is 5.42. The van der Waals surface area contributed by atoms with Crippen LogP contribution >= 0.6 is 0 Å². The van der Waals surface area contributed by atoms with Gasteiger partial charge in [0.1, 0.15) is 5.58 Å². The van der Waals surface area contributed by atoms with Gasteiger partial charge in [0.15, 0.2) is 0 Å². The third-order valence-electron chi connectivity index (χ3n) is 2.91. The molecule has 0 bridgehead atoms. The third-order valence-corrected chi connectivity index (χ3v) is 2.91. The van der Waals surface area contributed by atoms with Gasteiger partial charge >= 0.3 is 0 Å². The Kier molecular flexibility index (Phi) is 2.93. The van der Waals surface area contributed by atoms with Crippen LogP contribution in [0.3, 0.4) is 0 Å². The summed E-state index contributed by atoms with van der Waals surface area (Å²) in [4.78, 5) is 0. The van der Waals surface area contributed by atoms with E-state index in [4.69, 9.17) is 15.4 Å². The van der Waals surface area contributed by atoms with Crippen LogP contribution in [-0.4, -0.2) is 0 Å². The number of furan rings is 1. The summed E-state index contributed by atoms with van der Waals surface area (Å²) in [5, 5.41) is 10.0. The van der Waals surface area contributed by atoms with Crippen LogP contribution in [0.4, 0.5) is 0 Å². The molecule has 0 saturated carbocycles. The first kappa shape index (κ1) is 10.7. The normalized spacial score (nSPS) is 14.6. The molecule has 16 heavy (non-hydrogen) atoms. The quantitative estimate of drug-likeness (QED) is 0.854. The Morgan fingerprint density at radius 3 is 2.88 bits per heavy atom. The number of hydrogen-bond acceptors (Lipinski definition) is 3. The lowest BCUT2D eigenvalue weighted by Gasteiger charge is -2.14. The highest BCUT2D eigenvalue weighted by Crippen LogP contribution is 2.29. The third kappa shape index (κ3) is 1.68. The monoisotopic (exact) mass is 214 g/mol. The van der Waals surface area contributed by atoms with Gasteiger partial charge in [0, 0.05) is 17.0 Å². The fourth-order valence-electron chi connectivity index (χ4n) is 1.90. The number of nitrogens with zero attached hydrogens (tertiary/aromatic N) is 1. The van der Waals surface area contributed by atoms with Crippen LogP contribution in [0.15, 0.2) is 34.9 Å². The molecule has 0 aliphatic heterocycles. The van der Waals surface area contributed by atoms with Crippen LogP contribution in [0.5, 0.6) is 0 Å². The van der Waals surface area contributed by atoms with E-state index in [1.54, 1.807) is 6.26 Å². The molecule has 0 aliphatic carbocycles. The molecule has 3 heteroatoms. The van der Waals surface area contributed by atoms with Gasteiger partial charge in [-0.25, -0.2) is 0 Å². The summed E-state index contributed by atoms with van der Waals surface area (Å²) in [7, 11) is 0. The Morgan fingerprint density at radius 1 is 1.44 bits per heavy atom. The molecule has 2 atom stereocenters. The zero-order valence-electron chi connectivity index (χ0n) is 9.18. The van der Waals surface area contributed by atoms with E-state index in [9.17, 15) is 0 Å². The molecule has 2 N–H and O–H groups in total. The molecule has 1 heterocycles. The second-order valence-corrected chi connectivity index (χ2v) is 3.86. The van der Waals surface area contributed by atoms with Gasteiger partial charge in [-0.1, -0.05) is 25.1 Å². The molecule has 3 nitrogen and oxygen atoms in total. The van der Waals surface area contributed by atoms with Crippen LogP contribution in [-0.2, 0) is 0 Å². The predicted octanol–water partition coefficient (Wildman–Crippen LogP) is 2.98. The second-order valence-electron chi connectivity index (χ2n) is 3.86. The van der Waals surface area contributed by atoms with Crippen LogP contribution in [0.2, 0.25) is 0 Å². The maximum atomic E-state index is 9.01. The Hall–Kier alpha value is -1.79. The van der Waals surface area contributed by atoms with E-state index in [1.165, 1.54) is 0 Å². The lowest BCUT2D eigenvalue weighted by Crippen LogP contribution is -2.19. The Labute approximate surface area is 94.5 Å². The molecular weight excluding hydrogens is 200 g/mol. The molecule has 82 valence electrons. The van der Waals surface area contributed by atoms with Gasteiger partial charge in [-0.05, 0) is 12.5 Å². The molecule has 0 radical (unpaired) electrons.